The number of hydrogen-bond donors (Lipinski definition) is 1. The molecule has 0 bridgehead atoms. The highest BCUT2D eigenvalue weighted by Crippen LogP contribution is 2.31. The van der Waals surface area contributed by atoms with E-state index in [1.807, 2.05) is 0 Å². The summed E-state index contributed by atoms with van der Waals surface area (Å²) in [5.41, 5.74) is 0.342. The number of carbonyl (C=O) groups excluding carboxylic acids is 1. The molecule has 0 saturated heterocycles. The van der Waals surface area contributed by atoms with E-state index in [0.717, 1.165) is 0 Å². The molecule has 0 spiro atoms. The molecule has 0 aliphatic rings. The van der Waals surface area contributed by atoms with E-state index >= 15 is 0 Å². The number of benzene rings is 1. The lowest BCUT2D eigenvalue weighted by Gasteiger charge is -2.11. The largest absolute Gasteiger partial charge is 0.493 e. The monoisotopic (exact) mass is 257 g/mol. The van der Waals surface area contributed by atoms with Gasteiger partial charge in [0.25, 0.3) is 0 Å². The fraction of sp³-hybridized carbons (Fsp3) is 0.250. The molecule has 0 unspecified atom stereocenters. The Morgan fingerprint density at radius 3 is 2.67 bits per heavy atom. The van der Waals surface area contributed by atoms with Crippen LogP contribution in [0.2, 0.25) is 0 Å². The number of nitrogens with one attached hydrogen (secondary N) is 1. The van der Waals surface area contributed by atoms with E-state index in [2.05, 4.69) is 10.1 Å². The van der Waals surface area contributed by atoms with Gasteiger partial charge in [-0.1, -0.05) is 6.08 Å². The molecule has 0 atom stereocenters. The molecule has 4 nitrogen and oxygen atoms in total. The van der Waals surface area contributed by atoms with Crippen LogP contribution in [0.25, 0.3) is 0 Å². The van der Waals surface area contributed by atoms with Crippen LogP contribution in [0.3, 0.4) is 0 Å². The van der Waals surface area contributed by atoms with E-state index in [0.29, 0.717) is 5.69 Å². The van der Waals surface area contributed by atoms with Crippen LogP contribution in [0.15, 0.2) is 30.4 Å². The zero-order valence-electron chi connectivity index (χ0n) is 9.94. The number of hydrogen-bond acceptors (Lipinski definition) is 3. The van der Waals surface area contributed by atoms with Crippen molar-refractivity contribution < 1.29 is 23.0 Å². The number of anilines is 1. The first-order chi connectivity index (χ1) is 8.56. The second-order valence-electron chi connectivity index (χ2n) is 3.23. The van der Waals surface area contributed by atoms with Crippen molar-refractivity contribution >= 4 is 11.6 Å². The average molecular weight is 257 g/mol. The summed E-state index contributed by atoms with van der Waals surface area (Å²) in [6.45, 7) is -1.26. The van der Waals surface area contributed by atoms with Gasteiger partial charge >= 0.3 is 6.61 Å². The van der Waals surface area contributed by atoms with Gasteiger partial charge < -0.3 is 14.8 Å². The van der Waals surface area contributed by atoms with Crippen LogP contribution in [0.4, 0.5) is 14.5 Å². The van der Waals surface area contributed by atoms with Crippen molar-refractivity contribution in [2.24, 2.45) is 0 Å². The summed E-state index contributed by atoms with van der Waals surface area (Å²) in [5, 5.41) is 2.50. The van der Waals surface area contributed by atoms with Crippen LogP contribution in [0.5, 0.6) is 11.5 Å². The van der Waals surface area contributed by atoms with Crippen LogP contribution in [-0.4, -0.2) is 19.6 Å². The summed E-state index contributed by atoms with van der Waals surface area (Å²) < 4.78 is 33.5. The van der Waals surface area contributed by atoms with Gasteiger partial charge in [0, 0.05) is 11.8 Å². The fourth-order valence-electron chi connectivity index (χ4n) is 1.28. The topological polar surface area (TPSA) is 47.6 Å². The smallest absolute Gasteiger partial charge is 0.387 e. The highest BCUT2D eigenvalue weighted by atomic mass is 19.3. The van der Waals surface area contributed by atoms with Crippen molar-refractivity contribution in [2.75, 3.05) is 12.4 Å². The maximum Gasteiger partial charge on any atom is 0.387 e. The van der Waals surface area contributed by atoms with Gasteiger partial charge in [0.2, 0.25) is 5.91 Å². The van der Waals surface area contributed by atoms with Gasteiger partial charge in [-0.05, 0) is 25.1 Å². The standard InChI is InChI=1S/C12H13F2NO3/c1-3-4-11(16)15-8-5-6-9(17-2)10(7-8)18-12(13)14/h3-7,12H,1-2H3,(H,15,16)/b4-3+. The highest BCUT2D eigenvalue weighted by Gasteiger charge is 2.11. The minimum Gasteiger partial charge on any atom is -0.493 e. The molecule has 98 valence electrons. The molecular weight excluding hydrogens is 244 g/mol. The molecule has 6 heteroatoms. The van der Waals surface area contributed by atoms with Gasteiger partial charge in [0.15, 0.2) is 11.5 Å². The summed E-state index contributed by atoms with van der Waals surface area (Å²) in [6.07, 6.45) is 2.88. The number of methoxy groups -OCH3 is 1. The maximum atomic E-state index is 12.2. The molecule has 1 aromatic carbocycles. The first-order valence-corrected chi connectivity index (χ1v) is 5.13. The Morgan fingerprint density at radius 2 is 2.11 bits per heavy atom. The van der Waals surface area contributed by atoms with Gasteiger partial charge in [-0.25, -0.2) is 0 Å². The summed E-state index contributed by atoms with van der Waals surface area (Å²) in [5.74, 6) is -0.323. The van der Waals surface area contributed by atoms with Gasteiger partial charge in [0.05, 0.1) is 7.11 Å². The van der Waals surface area contributed by atoms with Crippen molar-refractivity contribution in [1.82, 2.24) is 0 Å². The Labute approximate surface area is 103 Å². The molecule has 0 fully saturated rings. The van der Waals surface area contributed by atoms with E-state index in [4.69, 9.17) is 4.74 Å². The van der Waals surface area contributed by atoms with Gasteiger partial charge in [-0.3, -0.25) is 4.79 Å². The summed E-state index contributed by atoms with van der Waals surface area (Å²) >= 11 is 0. The Kier molecular flexibility index (Phi) is 5.10. The first-order valence-electron chi connectivity index (χ1n) is 5.13. The van der Waals surface area contributed by atoms with Crippen LogP contribution in [0.1, 0.15) is 6.92 Å². The van der Waals surface area contributed by atoms with E-state index in [9.17, 15) is 13.6 Å². The molecule has 1 N–H and O–H groups in total. The van der Waals surface area contributed by atoms with Crippen LogP contribution in [0, 0.1) is 0 Å². The Morgan fingerprint density at radius 1 is 1.39 bits per heavy atom. The van der Waals surface area contributed by atoms with Gasteiger partial charge in [-0.15, -0.1) is 0 Å². The Hall–Kier alpha value is -2.11. The number of halogens is 2. The molecule has 18 heavy (non-hydrogen) atoms. The van der Waals surface area contributed by atoms with Crippen LogP contribution in [-0.2, 0) is 4.79 Å². The molecule has 0 aromatic heterocycles. The SMILES string of the molecule is C/C=C/C(=O)Nc1ccc(OC)c(OC(F)F)c1. The third-order valence-electron chi connectivity index (χ3n) is 1.97. The summed E-state index contributed by atoms with van der Waals surface area (Å²) in [7, 11) is 1.34. The molecular formula is C12H13F2NO3. The molecule has 1 rings (SSSR count). The highest BCUT2D eigenvalue weighted by molar-refractivity contribution is 5.99. The average Bonchev–Trinajstić information content (AvgIpc) is 2.28. The van der Waals surface area contributed by atoms with Crippen molar-refractivity contribution in [3.8, 4) is 11.5 Å². The van der Waals surface area contributed by atoms with E-state index < -0.39 is 6.61 Å². The Bertz CT molecular complexity index is 447. The fourth-order valence-corrected chi connectivity index (χ4v) is 1.28. The minimum atomic E-state index is -2.96. The van der Waals surface area contributed by atoms with E-state index in [1.165, 1.54) is 31.4 Å². The third-order valence-corrected chi connectivity index (χ3v) is 1.97. The lowest BCUT2D eigenvalue weighted by Crippen LogP contribution is -2.09. The summed E-state index contributed by atoms with van der Waals surface area (Å²) in [4.78, 5) is 11.3. The van der Waals surface area contributed by atoms with E-state index in [-0.39, 0.29) is 17.4 Å². The van der Waals surface area contributed by atoms with Crippen molar-refractivity contribution in [2.45, 2.75) is 13.5 Å². The third kappa shape index (κ3) is 4.04. The lowest BCUT2D eigenvalue weighted by molar-refractivity contribution is -0.111. The second kappa shape index (κ2) is 6.58. The minimum absolute atomic E-state index is 0.134. The normalized spacial score (nSPS) is 10.7. The van der Waals surface area contributed by atoms with Crippen molar-refractivity contribution in [1.29, 1.82) is 0 Å². The lowest BCUT2D eigenvalue weighted by atomic mass is 10.2. The molecule has 0 radical (unpaired) electrons. The van der Waals surface area contributed by atoms with Crippen molar-refractivity contribution in [3.63, 3.8) is 0 Å². The number of alkyl halides is 2. The molecule has 1 aromatic rings. The zero-order valence-corrected chi connectivity index (χ0v) is 9.94. The molecule has 0 aliphatic heterocycles. The van der Waals surface area contributed by atoms with Crippen LogP contribution < -0.4 is 14.8 Å². The second-order valence-corrected chi connectivity index (χ2v) is 3.23. The van der Waals surface area contributed by atoms with Gasteiger partial charge in [-0.2, -0.15) is 8.78 Å². The van der Waals surface area contributed by atoms with Crippen LogP contribution >= 0.6 is 0 Å². The van der Waals surface area contributed by atoms with E-state index in [1.54, 1.807) is 13.0 Å². The predicted octanol–water partition coefficient (Wildman–Crippen LogP) is 2.81. The quantitative estimate of drug-likeness (QED) is 0.825. The number of allylic oxidation sites excluding steroid dienone is 1. The molecule has 1 amide bonds. The summed E-state index contributed by atoms with van der Waals surface area (Å²) in [6, 6.07) is 4.23. The maximum absolute atomic E-state index is 12.2. The predicted molar refractivity (Wildman–Crippen MR) is 63.1 cm³/mol. The molecule has 0 heterocycles. The number of amides is 1. The number of ether oxygens (including phenoxy) is 2. The number of carbonyl (C=O) groups is 1. The van der Waals surface area contributed by atoms with Gasteiger partial charge in [0.1, 0.15) is 0 Å². The molecule has 0 saturated carbocycles. The first kappa shape index (κ1) is 14.0. The van der Waals surface area contributed by atoms with Crippen molar-refractivity contribution in [3.05, 3.63) is 30.4 Å². The number of rotatable bonds is 5. The molecule has 0 aliphatic carbocycles. The zero-order chi connectivity index (χ0) is 13.5. The Balaban J connectivity index is 2.91.